The highest BCUT2D eigenvalue weighted by Crippen LogP contribution is 2.33. The van der Waals surface area contributed by atoms with E-state index in [0.717, 1.165) is 6.42 Å². The van der Waals surface area contributed by atoms with Crippen LogP contribution in [0.25, 0.3) is 0 Å². The quantitative estimate of drug-likeness (QED) is 0.550. The lowest BCUT2D eigenvalue weighted by Gasteiger charge is -2.13. The SMILES string of the molecule is N#CC1=C(C(F)(F)F)[CH]CC=C1. The van der Waals surface area contributed by atoms with Gasteiger partial charge in [-0.25, -0.2) is 0 Å². The van der Waals surface area contributed by atoms with Gasteiger partial charge in [0, 0.05) is 6.42 Å². The number of alkyl halides is 3. The number of hydrogen-bond donors (Lipinski definition) is 0. The second kappa shape index (κ2) is 3.02. The molecule has 0 aromatic rings. The molecule has 0 unspecified atom stereocenters. The van der Waals surface area contributed by atoms with Gasteiger partial charge in [-0.05, 0) is 12.5 Å². The molecule has 0 spiro atoms. The van der Waals surface area contributed by atoms with Crippen LogP contribution in [0.1, 0.15) is 6.42 Å². The maximum atomic E-state index is 12.1. The Hall–Kier alpha value is -1.24. The predicted molar refractivity (Wildman–Crippen MR) is 36.8 cm³/mol. The van der Waals surface area contributed by atoms with Gasteiger partial charge in [-0.1, -0.05) is 6.08 Å². The molecular formula is C8H5F3N. The van der Waals surface area contributed by atoms with Crippen molar-refractivity contribution in [3.8, 4) is 6.07 Å². The van der Waals surface area contributed by atoms with Crippen LogP contribution in [-0.2, 0) is 0 Å². The van der Waals surface area contributed by atoms with Crippen LogP contribution in [0.15, 0.2) is 23.3 Å². The molecule has 63 valence electrons. The Morgan fingerprint density at radius 3 is 2.50 bits per heavy atom. The standard InChI is InChI=1S/C8H5F3N/c9-8(10,11)7-4-2-1-3-6(7)5-12/h1,3-4H,2H2. The fourth-order valence-electron chi connectivity index (χ4n) is 0.937. The number of nitriles is 1. The third kappa shape index (κ3) is 1.67. The van der Waals surface area contributed by atoms with E-state index in [9.17, 15) is 13.2 Å². The zero-order chi connectivity index (χ0) is 9.19. The number of halogens is 3. The highest BCUT2D eigenvalue weighted by Gasteiger charge is 2.36. The summed E-state index contributed by atoms with van der Waals surface area (Å²) < 4.78 is 36.3. The van der Waals surface area contributed by atoms with Crippen molar-refractivity contribution in [3.63, 3.8) is 0 Å². The van der Waals surface area contributed by atoms with E-state index in [2.05, 4.69) is 0 Å². The maximum absolute atomic E-state index is 12.1. The van der Waals surface area contributed by atoms with Crippen molar-refractivity contribution < 1.29 is 13.2 Å². The van der Waals surface area contributed by atoms with Gasteiger partial charge in [0.2, 0.25) is 0 Å². The fraction of sp³-hybridized carbons (Fsp3) is 0.250. The zero-order valence-electron chi connectivity index (χ0n) is 6.02. The molecule has 0 saturated carbocycles. The molecule has 1 radical (unpaired) electrons. The molecule has 4 heteroatoms. The smallest absolute Gasteiger partial charge is 0.192 e. The second-order valence-corrected chi connectivity index (χ2v) is 2.28. The van der Waals surface area contributed by atoms with Gasteiger partial charge in [0.1, 0.15) is 0 Å². The highest BCUT2D eigenvalue weighted by atomic mass is 19.4. The lowest BCUT2D eigenvalue weighted by atomic mass is 9.98. The van der Waals surface area contributed by atoms with E-state index in [4.69, 9.17) is 5.26 Å². The van der Waals surface area contributed by atoms with E-state index >= 15 is 0 Å². The Bertz CT molecular complexity index is 278. The second-order valence-electron chi connectivity index (χ2n) is 2.28. The minimum atomic E-state index is -4.41. The van der Waals surface area contributed by atoms with Gasteiger partial charge in [0.05, 0.1) is 17.2 Å². The number of allylic oxidation sites excluding steroid dienone is 4. The summed E-state index contributed by atoms with van der Waals surface area (Å²) in [4.78, 5) is 0. The number of rotatable bonds is 0. The first-order chi connectivity index (χ1) is 5.55. The van der Waals surface area contributed by atoms with Crippen molar-refractivity contribution in [3.05, 3.63) is 29.7 Å². The first-order valence-electron chi connectivity index (χ1n) is 3.27. The van der Waals surface area contributed by atoms with Crippen molar-refractivity contribution in [2.75, 3.05) is 0 Å². The third-order valence-electron chi connectivity index (χ3n) is 1.46. The van der Waals surface area contributed by atoms with E-state index in [1.165, 1.54) is 18.2 Å². The van der Waals surface area contributed by atoms with Gasteiger partial charge in [0.25, 0.3) is 0 Å². The van der Waals surface area contributed by atoms with Gasteiger partial charge in [-0.3, -0.25) is 0 Å². The molecule has 0 aliphatic heterocycles. The Balaban J connectivity index is 3.07. The van der Waals surface area contributed by atoms with Crippen molar-refractivity contribution in [2.24, 2.45) is 0 Å². The Morgan fingerprint density at radius 1 is 1.42 bits per heavy atom. The zero-order valence-corrected chi connectivity index (χ0v) is 6.02. The Morgan fingerprint density at radius 2 is 2.08 bits per heavy atom. The molecule has 1 aliphatic rings. The summed E-state index contributed by atoms with van der Waals surface area (Å²) in [5.41, 5.74) is -1.14. The summed E-state index contributed by atoms with van der Waals surface area (Å²) in [6.07, 6.45) is -0.439. The van der Waals surface area contributed by atoms with Crippen LogP contribution < -0.4 is 0 Å². The molecule has 0 atom stereocenters. The van der Waals surface area contributed by atoms with Crippen LogP contribution in [0.5, 0.6) is 0 Å². The van der Waals surface area contributed by atoms with Crippen LogP contribution in [0, 0.1) is 17.8 Å². The minimum absolute atomic E-state index is 0.236. The number of hydrogen-bond acceptors (Lipinski definition) is 1. The summed E-state index contributed by atoms with van der Waals surface area (Å²) in [7, 11) is 0. The summed E-state index contributed by atoms with van der Waals surface area (Å²) in [6, 6.07) is 1.50. The van der Waals surface area contributed by atoms with Crippen molar-refractivity contribution in [1.82, 2.24) is 0 Å². The summed E-state index contributed by atoms with van der Waals surface area (Å²) >= 11 is 0. The molecule has 0 N–H and O–H groups in total. The molecule has 1 aliphatic carbocycles. The molecule has 1 rings (SSSR count). The molecule has 1 nitrogen and oxygen atoms in total. The normalized spacial score (nSPS) is 17.8. The topological polar surface area (TPSA) is 23.8 Å². The molecule has 0 amide bonds. The van der Waals surface area contributed by atoms with Gasteiger partial charge in [-0.15, -0.1) is 0 Å². The number of nitrogens with zero attached hydrogens (tertiary/aromatic N) is 1. The van der Waals surface area contributed by atoms with Crippen molar-refractivity contribution in [2.45, 2.75) is 12.6 Å². The molecule has 0 bridgehead atoms. The minimum Gasteiger partial charge on any atom is -0.192 e. The molecule has 0 aromatic heterocycles. The molecule has 0 fully saturated rings. The Kier molecular flexibility index (Phi) is 2.22. The van der Waals surface area contributed by atoms with Gasteiger partial charge in [0.15, 0.2) is 0 Å². The first kappa shape index (κ1) is 8.85. The van der Waals surface area contributed by atoms with E-state index in [0.29, 0.717) is 0 Å². The molecule has 12 heavy (non-hydrogen) atoms. The van der Waals surface area contributed by atoms with E-state index in [-0.39, 0.29) is 12.0 Å². The summed E-state index contributed by atoms with van der Waals surface area (Å²) in [6.45, 7) is 0. The van der Waals surface area contributed by atoms with Gasteiger partial charge >= 0.3 is 6.18 Å². The fourth-order valence-corrected chi connectivity index (χ4v) is 0.937. The summed E-state index contributed by atoms with van der Waals surface area (Å²) in [5, 5.41) is 8.35. The highest BCUT2D eigenvalue weighted by molar-refractivity contribution is 5.46. The van der Waals surface area contributed by atoms with E-state index in [1.54, 1.807) is 0 Å². The van der Waals surface area contributed by atoms with Gasteiger partial charge < -0.3 is 0 Å². The van der Waals surface area contributed by atoms with Crippen LogP contribution in [0.3, 0.4) is 0 Å². The molecule has 0 heterocycles. The van der Waals surface area contributed by atoms with E-state index in [1.807, 2.05) is 0 Å². The van der Waals surface area contributed by atoms with E-state index < -0.39 is 11.7 Å². The molecule has 0 saturated heterocycles. The van der Waals surface area contributed by atoms with Crippen LogP contribution in [0.4, 0.5) is 13.2 Å². The largest absolute Gasteiger partial charge is 0.414 e. The van der Waals surface area contributed by atoms with Crippen molar-refractivity contribution >= 4 is 0 Å². The monoisotopic (exact) mass is 172 g/mol. The summed E-state index contributed by atoms with van der Waals surface area (Å²) in [5.74, 6) is 0. The average molecular weight is 172 g/mol. The first-order valence-corrected chi connectivity index (χ1v) is 3.27. The van der Waals surface area contributed by atoms with Crippen LogP contribution in [0.2, 0.25) is 0 Å². The molecular weight excluding hydrogens is 167 g/mol. The third-order valence-corrected chi connectivity index (χ3v) is 1.46. The average Bonchev–Trinajstić information content (AvgIpc) is 2.03. The predicted octanol–water partition coefficient (Wildman–Crippen LogP) is 2.53. The van der Waals surface area contributed by atoms with Crippen LogP contribution >= 0.6 is 0 Å². The lowest BCUT2D eigenvalue weighted by Crippen LogP contribution is -2.15. The van der Waals surface area contributed by atoms with Crippen molar-refractivity contribution in [1.29, 1.82) is 5.26 Å². The van der Waals surface area contributed by atoms with Crippen LogP contribution in [-0.4, -0.2) is 6.18 Å². The maximum Gasteiger partial charge on any atom is 0.414 e. The molecule has 0 aromatic carbocycles. The lowest BCUT2D eigenvalue weighted by molar-refractivity contribution is -0.0904. The van der Waals surface area contributed by atoms with Gasteiger partial charge in [-0.2, -0.15) is 18.4 Å². The Labute approximate surface area is 67.8 Å².